The van der Waals surface area contributed by atoms with Crippen LogP contribution in [0.3, 0.4) is 0 Å². The summed E-state index contributed by atoms with van der Waals surface area (Å²) in [6, 6.07) is 0. The van der Waals surface area contributed by atoms with Crippen LogP contribution in [-0.2, 0) is 16.6 Å². The Kier molecular flexibility index (Phi) is 7.60. The summed E-state index contributed by atoms with van der Waals surface area (Å²) in [5.41, 5.74) is 2.17. The molecule has 26 heavy (non-hydrogen) atoms. The van der Waals surface area contributed by atoms with Gasteiger partial charge in [-0.25, -0.2) is 4.79 Å². The van der Waals surface area contributed by atoms with Crippen molar-refractivity contribution in [3.05, 3.63) is 22.5 Å². The molecule has 1 rings (SSSR count). The molecule has 6 heteroatoms. The Labute approximate surface area is 156 Å². The number of methoxy groups -OCH3 is 1. The summed E-state index contributed by atoms with van der Waals surface area (Å²) < 4.78 is 6.50. The highest BCUT2D eigenvalue weighted by molar-refractivity contribution is 6.04. The Morgan fingerprint density at radius 2 is 1.65 bits per heavy atom. The molecule has 0 aliphatic carbocycles. The number of amides is 1. The zero-order chi connectivity index (χ0) is 20.2. The van der Waals surface area contributed by atoms with Crippen LogP contribution < -0.4 is 0 Å². The van der Waals surface area contributed by atoms with Gasteiger partial charge in [-0.05, 0) is 31.2 Å². The average molecular weight is 364 g/mol. The van der Waals surface area contributed by atoms with Crippen LogP contribution in [0.15, 0.2) is 0 Å². The Bertz CT molecular complexity index is 686. The molecule has 0 fully saturated rings. The maximum absolute atomic E-state index is 13.0. The van der Waals surface area contributed by atoms with Gasteiger partial charge < -0.3 is 14.2 Å². The SMILES string of the molecule is COC(=O)c1c(C)c(C(=O)CN(CC(C)C)C(=O)CC(C)C)c(C)n1C. The quantitative estimate of drug-likeness (QED) is 0.525. The van der Waals surface area contributed by atoms with E-state index in [1.54, 1.807) is 30.4 Å². The summed E-state index contributed by atoms with van der Waals surface area (Å²) in [4.78, 5) is 39.2. The highest BCUT2D eigenvalue weighted by Gasteiger charge is 2.27. The van der Waals surface area contributed by atoms with Gasteiger partial charge in [-0.3, -0.25) is 9.59 Å². The Morgan fingerprint density at radius 1 is 1.08 bits per heavy atom. The van der Waals surface area contributed by atoms with Gasteiger partial charge in [0.2, 0.25) is 5.91 Å². The van der Waals surface area contributed by atoms with Gasteiger partial charge in [-0.1, -0.05) is 27.7 Å². The number of hydrogen-bond acceptors (Lipinski definition) is 4. The Morgan fingerprint density at radius 3 is 2.12 bits per heavy atom. The summed E-state index contributed by atoms with van der Waals surface area (Å²) in [7, 11) is 3.06. The Hall–Kier alpha value is -2.11. The lowest BCUT2D eigenvalue weighted by Gasteiger charge is -2.25. The zero-order valence-corrected chi connectivity index (χ0v) is 17.3. The van der Waals surface area contributed by atoms with Crippen molar-refractivity contribution in [1.29, 1.82) is 0 Å². The van der Waals surface area contributed by atoms with Gasteiger partial charge in [0.15, 0.2) is 5.78 Å². The predicted octanol–water partition coefficient (Wildman–Crippen LogP) is 3.14. The molecule has 146 valence electrons. The van der Waals surface area contributed by atoms with Crippen LogP contribution in [0.1, 0.15) is 66.2 Å². The number of nitrogens with zero attached hydrogens (tertiary/aromatic N) is 2. The van der Waals surface area contributed by atoms with Gasteiger partial charge in [0.25, 0.3) is 0 Å². The second kappa shape index (κ2) is 9.01. The minimum absolute atomic E-state index is 0.0125. The maximum Gasteiger partial charge on any atom is 0.354 e. The van der Waals surface area contributed by atoms with Crippen LogP contribution in [-0.4, -0.2) is 47.3 Å². The highest BCUT2D eigenvalue weighted by atomic mass is 16.5. The smallest absolute Gasteiger partial charge is 0.354 e. The largest absolute Gasteiger partial charge is 0.464 e. The number of ketones is 1. The fourth-order valence-corrected chi connectivity index (χ4v) is 3.20. The molecule has 0 saturated carbocycles. The summed E-state index contributed by atoms with van der Waals surface area (Å²) in [5.74, 6) is -0.132. The van der Waals surface area contributed by atoms with Crippen LogP contribution in [0.2, 0.25) is 0 Å². The number of ether oxygens (including phenoxy) is 1. The third kappa shape index (κ3) is 4.96. The van der Waals surface area contributed by atoms with E-state index in [2.05, 4.69) is 0 Å². The number of aromatic nitrogens is 1. The van der Waals surface area contributed by atoms with Crippen LogP contribution >= 0.6 is 0 Å². The van der Waals surface area contributed by atoms with Crippen molar-refractivity contribution in [1.82, 2.24) is 9.47 Å². The van der Waals surface area contributed by atoms with Gasteiger partial charge in [0.05, 0.1) is 13.7 Å². The minimum Gasteiger partial charge on any atom is -0.464 e. The van der Waals surface area contributed by atoms with E-state index in [9.17, 15) is 14.4 Å². The molecule has 6 nitrogen and oxygen atoms in total. The minimum atomic E-state index is -0.470. The topological polar surface area (TPSA) is 68.6 Å². The summed E-state index contributed by atoms with van der Waals surface area (Å²) >= 11 is 0. The molecule has 0 aliphatic heterocycles. The van der Waals surface area contributed by atoms with Crippen molar-refractivity contribution in [2.75, 3.05) is 20.2 Å². The molecule has 1 heterocycles. The van der Waals surface area contributed by atoms with E-state index in [1.165, 1.54) is 7.11 Å². The lowest BCUT2D eigenvalue weighted by Crippen LogP contribution is -2.39. The molecule has 0 spiro atoms. The second-order valence-corrected chi connectivity index (χ2v) is 7.67. The maximum atomic E-state index is 13.0. The monoisotopic (exact) mass is 364 g/mol. The molecule has 0 saturated heterocycles. The molecule has 1 aromatic heterocycles. The molecule has 0 aromatic carbocycles. The highest BCUT2D eigenvalue weighted by Crippen LogP contribution is 2.23. The molecule has 0 unspecified atom stereocenters. The van der Waals surface area contributed by atoms with E-state index >= 15 is 0 Å². The van der Waals surface area contributed by atoms with Crippen molar-refractivity contribution in [3.63, 3.8) is 0 Å². The zero-order valence-electron chi connectivity index (χ0n) is 17.3. The van der Waals surface area contributed by atoms with Gasteiger partial charge in [0.1, 0.15) is 5.69 Å². The van der Waals surface area contributed by atoms with Crippen LogP contribution in [0.5, 0.6) is 0 Å². The molecule has 1 aromatic rings. The number of Topliss-reactive ketones (excluding diaryl/α,β-unsaturated/α-hetero) is 1. The molecule has 0 atom stereocenters. The van der Waals surface area contributed by atoms with Crippen LogP contribution in [0, 0.1) is 25.7 Å². The van der Waals surface area contributed by atoms with Crippen molar-refractivity contribution in [2.45, 2.75) is 48.0 Å². The first-order valence-electron chi connectivity index (χ1n) is 9.06. The normalized spacial score (nSPS) is 11.2. The van der Waals surface area contributed by atoms with E-state index in [4.69, 9.17) is 4.74 Å². The first-order chi connectivity index (χ1) is 12.0. The summed E-state index contributed by atoms with van der Waals surface area (Å²) in [5, 5.41) is 0. The van der Waals surface area contributed by atoms with Crippen molar-refractivity contribution in [3.8, 4) is 0 Å². The van der Waals surface area contributed by atoms with E-state index in [0.29, 0.717) is 35.5 Å². The van der Waals surface area contributed by atoms with Gasteiger partial charge in [-0.15, -0.1) is 0 Å². The van der Waals surface area contributed by atoms with Crippen molar-refractivity contribution < 1.29 is 19.1 Å². The summed E-state index contributed by atoms with van der Waals surface area (Å²) in [6.45, 7) is 12.1. The first kappa shape index (κ1) is 21.9. The van der Waals surface area contributed by atoms with E-state index in [-0.39, 0.29) is 30.1 Å². The fourth-order valence-electron chi connectivity index (χ4n) is 3.20. The van der Waals surface area contributed by atoms with Gasteiger partial charge in [0, 0.05) is 31.3 Å². The molecular weight excluding hydrogens is 332 g/mol. The lowest BCUT2D eigenvalue weighted by atomic mass is 10.0. The number of esters is 1. The number of rotatable bonds is 8. The fraction of sp³-hybridized carbons (Fsp3) is 0.650. The van der Waals surface area contributed by atoms with E-state index in [1.807, 2.05) is 27.7 Å². The first-order valence-corrected chi connectivity index (χ1v) is 9.06. The van der Waals surface area contributed by atoms with Gasteiger partial charge in [-0.2, -0.15) is 0 Å². The number of carbonyl (C=O) groups excluding carboxylic acids is 3. The average Bonchev–Trinajstić information content (AvgIpc) is 2.74. The van der Waals surface area contributed by atoms with E-state index < -0.39 is 5.97 Å². The molecular formula is C20H32N2O4. The molecule has 0 N–H and O–H groups in total. The standard InChI is InChI=1S/C20H32N2O4/c1-12(2)9-17(24)22(10-13(3)4)11-16(23)18-14(5)19(20(25)26-8)21(7)15(18)6/h12-13H,9-11H2,1-8H3. The van der Waals surface area contributed by atoms with Crippen LogP contribution in [0.25, 0.3) is 0 Å². The third-order valence-corrected chi connectivity index (χ3v) is 4.44. The molecule has 0 bridgehead atoms. The van der Waals surface area contributed by atoms with Crippen molar-refractivity contribution in [2.24, 2.45) is 18.9 Å². The predicted molar refractivity (Wildman–Crippen MR) is 101 cm³/mol. The molecule has 0 radical (unpaired) electrons. The van der Waals surface area contributed by atoms with E-state index in [0.717, 1.165) is 0 Å². The number of hydrogen-bond donors (Lipinski definition) is 0. The Balaban J connectivity index is 3.17. The summed E-state index contributed by atoms with van der Waals surface area (Å²) in [6.07, 6.45) is 0.417. The molecule has 1 amide bonds. The number of carbonyl (C=O) groups is 3. The lowest BCUT2D eigenvalue weighted by molar-refractivity contribution is -0.132. The third-order valence-electron chi connectivity index (χ3n) is 4.44. The molecule has 0 aliphatic rings. The van der Waals surface area contributed by atoms with Crippen LogP contribution in [0.4, 0.5) is 0 Å². The van der Waals surface area contributed by atoms with Gasteiger partial charge >= 0.3 is 5.97 Å². The second-order valence-electron chi connectivity index (χ2n) is 7.67. The van der Waals surface area contributed by atoms with Crippen molar-refractivity contribution >= 4 is 17.7 Å².